The van der Waals surface area contributed by atoms with Crippen LogP contribution in [0.25, 0.3) is 0 Å². The molecular weight excluding hydrogens is 296 g/mol. The molecule has 0 spiro atoms. The molecule has 0 radical (unpaired) electrons. The molecule has 1 aromatic heterocycles. The number of nitrogens with one attached hydrogen (secondary N) is 2. The standard InChI is InChI=1S/C11H8N6O5/c18-11(9-10(17(21)22)13-6-12-9)15-14-5-7-1-3-8(4-2-7)16(19)20/h1-6H,(H,12,13)(H,15,18)/b14-5+. The van der Waals surface area contributed by atoms with Crippen molar-refractivity contribution in [2.45, 2.75) is 0 Å². The van der Waals surface area contributed by atoms with Crippen molar-refractivity contribution in [2.24, 2.45) is 5.10 Å². The van der Waals surface area contributed by atoms with Gasteiger partial charge in [0, 0.05) is 12.1 Å². The van der Waals surface area contributed by atoms with Crippen molar-refractivity contribution in [2.75, 3.05) is 0 Å². The number of non-ortho nitro benzene ring substituents is 1. The Morgan fingerprint density at radius 2 is 1.91 bits per heavy atom. The lowest BCUT2D eigenvalue weighted by Crippen LogP contribution is -2.19. The van der Waals surface area contributed by atoms with E-state index in [1.54, 1.807) is 0 Å². The molecule has 0 atom stereocenters. The van der Waals surface area contributed by atoms with Gasteiger partial charge in [-0.2, -0.15) is 5.10 Å². The Kier molecular flexibility index (Phi) is 4.17. The number of hydrogen-bond acceptors (Lipinski definition) is 7. The summed E-state index contributed by atoms with van der Waals surface area (Å²) < 4.78 is 0. The Labute approximate surface area is 122 Å². The maximum Gasteiger partial charge on any atom is 0.353 e. The molecule has 0 aliphatic heterocycles. The van der Waals surface area contributed by atoms with E-state index >= 15 is 0 Å². The first-order chi connectivity index (χ1) is 10.5. The first kappa shape index (κ1) is 14.8. The van der Waals surface area contributed by atoms with Crippen molar-refractivity contribution < 1.29 is 14.6 Å². The van der Waals surface area contributed by atoms with Crippen LogP contribution in [0.5, 0.6) is 0 Å². The monoisotopic (exact) mass is 304 g/mol. The van der Waals surface area contributed by atoms with Crippen LogP contribution in [0.4, 0.5) is 11.5 Å². The van der Waals surface area contributed by atoms with Gasteiger partial charge in [-0.25, -0.2) is 15.4 Å². The van der Waals surface area contributed by atoms with Gasteiger partial charge in [0.25, 0.3) is 11.6 Å². The van der Waals surface area contributed by atoms with Gasteiger partial charge in [0.1, 0.15) is 0 Å². The SMILES string of the molecule is O=C(N/N=C/c1ccc([N+](=O)[O-])cc1)c1nc[nH]c1[N+](=O)[O-]. The topological polar surface area (TPSA) is 156 Å². The van der Waals surface area contributed by atoms with Crippen molar-refractivity contribution in [3.05, 3.63) is 62.1 Å². The highest BCUT2D eigenvalue weighted by atomic mass is 16.6. The van der Waals surface area contributed by atoms with E-state index in [0.29, 0.717) is 5.56 Å². The van der Waals surface area contributed by atoms with Crippen LogP contribution in [0, 0.1) is 20.2 Å². The summed E-state index contributed by atoms with van der Waals surface area (Å²) in [5.41, 5.74) is 2.11. The fourth-order valence-electron chi connectivity index (χ4n) is 1.49. The molecule has 0 fully saturated rings. The van der Waals surface area contributed by atoms with Gasteiger partial charge >= 0.3 is 5.82 Å². The van der Waals surface area contributed by atoms with Gasteiger partial charge in [0.05, 0.1) is 11.1 Å². The van der Waals surface area contributed by atoms with Gasteiger partial charge in [-0.3, -0.25) is 14.9 Å². The van der Waals surface area contributed by atoms with Gasteiger partial charge < -0.3 is 10.1 Å². The molecule has 11 heteroatoms. The summed E-state index contributed by atoms with van der Waals surface area (Å²) in [6.45, 7) is 0. The van der Waals surface area contributed by atoms with Crippen LogP contribution in [0.1, 0.15) is 16.1 Å². The summed E-state index contributed by atoms with van der Waals surface area (Å²) >= 11 is 0. The van der Waals surface area contributed by atoms with E-state index in [0.717, 1.165) is 6.33 Å². The third-order valence-electron chi connectivity index (χ3n) is 2.50. The molecule has 1 aromatic carbocycles. The molecule has 2 rings (SSSR count). The largest absolute Gasteiger partial charge is 0.358 e. The van der Waals surface area contributed by atoms with E-state index in [4.69, 9.17) is 0 Å². The van der Waals surface area contributed by atoms with Crippen LogP contribution in [-0.4, -0.2) is 31.9 Å². The summed E-state index contributed by atoms with van der Waals surface area (Å²) in [4.78, 5) is 37.2. The number of nitrogens with zero attached hydrogens (tertiary/aromatic N) is 4. The minimum atomic E-state index is -0.855. The van der Waals surface area contributed by atoms with Gasteiger partial charge in [0.15, 0.2) is 6.33 Å². The predicted octanol–water partition coefficient (Wildman–Crippen LogP) is 0.990. The molecule has 2 N–H and O–H groups in total. The fraction of sp³-hybridized carbons (Fsp3) is 0. The molecule has 0 saturated heterocycles. The van der Waals surface area contributed by atoms with Crippen LogP contribution in [-0.2, 0) is 0 Å². The summed E-state index contributed by atoms with van der Waals surface area (Å²) in [5, 5.41) is 24.7. The Hall–Kier alpha value is -3.63. The number of nitro benzene ring substituents is 1. The maximum atomic E-state index is 11.7. The van der Waals surface area contributed by atoms with E-state index in [-0.39, 0.29) is 5.69 Å². The number of hydrogen-bond donors (Lipinski definition) is 2. The molecular formula is C11H8N6O5. The number of amides is 1. The lowest BCUT2D eigenvalue weighted by molar-refractivity contribution is -0.389. The molecule has 1 amide bonds. The van der Waals surface area contributed by atoms with Crippen LogP contribution < -0.4 is 5.43 Å². The summed E-state index contributed by atoms with van der Waals surface area (Å²) in [6.07, 6.45) is 2.26. The molecule has 22 heavy (non-hydrogen) atoms. The van der Waals surface area contributed by atoms with Gasteiger partial charge in [-0.15, -0.1) is 0 Å². The number of benzene rings is 1. The van der Waals surface area contributed by atoms with E-state index in [1.165, 1.54) is 30.5 Å². The van der Waals surface area contributed by atoms with Crippen molar-refractivity contribution in [3.8, 4) is 0 Å². The normalized spacial score (nSPS) is 10.5. The van der Waals surface area contributed by atoms with Crippen molar-refractivity contribution in [3.63, 3.8) is 0 Å². The summed E-state index contributed by atoms with van der Waals surface area (Å²) in [7, 11) is 0. The van der Waals surface area contributed by atoms with Crippen molar-refractivity contribution >= 4 is 23.6 Å². The van der Waals surface area contributed by atoms with E-state index in [1.807, 2.05) is 0 Å². The van der Waals surface area contributed by atoms with Crippen LogP contribution in [0.15, 0.2) is 35.7 Å². The second kappa shape index (κ2) is 6.21. The highest BCUT2D eigenvalue weighted by Crippen LogP contribution is 2.12. The highest BCUT2D eigenvalue weighted by Gasteiger charge is 2.21. The number of carbonyl (C=O) groups excluding carboxylic acids is 1. The zero-order valence-corrected chi connectivity index (χ0v) is 10.8. The predicted molar refractivity (Wildman–Crippen MR) is 73.4 cm³/mol. The second-order valence-corrected chi connectivity index (χ2v) is 3.90. The summed E-state index contributed by atoms with van der Waals surface area (Å²) in [6, 6.07) is 5.43. The molecule has 1 heterocycles. The number of rotatable bonds is 5. The molecule has 0 unspecified atom stereocenters. The molecule has 0 aliphatic carbocycles. The number of imidazole rings is 1. The first-order valence-electron chi connectivity index (χ1n) is 5.74. The highest BCUT2D eigenvalue weighted by molar-refractivity contribution is 5.96. The number of nitro groups is 2. The first-order valence-corrected chi connectivity index (χ1v) is 5.74. The molecule has 2 aromatic rings. The zero-order chi connectivity index (χ0) is 16.1. The van der Waals surface area contributed by atoms with Gasteiger partial charge in [-0.1, -0.05) is 0 Å². The average Bonchev–Trinajstić information content (AvgIpc) is 2.97. The van der Waals surface area contributed by atoms with Crippen molar-refractivity contribution in [1.82, 2.24) is 15.4 Å². The van der Waals surface area contributed by atoms with Gasteiger partial charge in [0.2, 0.25) is 5.69 Å². The number of aromatic amines is 1. The molecule has 11 nitrogen and oxygen atoms in total. The van der Waals surface area contributed by atoms with E-state index in [9.17, 15) is 25.0 Å². The lowest BCUT2D eigenvalue weighted by atomic mass is 10.2. The number of hydrazone groups is 1. The van der Waals surface area contributed by atoms with E-state index in [2.05, 4.69) is 20.5 Å². The van der Waals surface area contributed by atoms with E-state index < -0.39 is 27.3 Å². The average molecular weight is 304 g/mol. The Bertz CT molecular complexity index is 751. The minimum Gasteiger partial charge on any atom is -0.358 e. The Morgan fingerprint density at radius 3 is 2.50 bits per heavy atom. The number of H-pyrrole nitrogens is 1. The molecule has 112 valence electrons. The maximum absolute atomic E-state index is 11.7. The molecule has 0 bridgehead atoms. The Balaban J connectivity index is 2.02. The summed E-state index contributed by atoms with van der Waals surface area (Å²) in [5.74, 6) is -1.39. The van der Waals surface area contributed by atoms with Gasteiger partial charge in [-0.05, 0) is 22.6 Å². The van der Waals surface area contributed by atoms with Crippen LogP contribution in [0.2, 0.25) is 0 Å². The smallest absolute Gasteiger partial charge is 0.353 e. The minimum absolute atomic E-state index is 0.0756. The lowest BCUT2D eigenvalue weighted by Gasteiger charge is -1.97. The zero-order valence-electron chi connectivity index (χ0n) is 10.8. The van der Waals surface area contributed by atoms with Crippen LogP contribution in [0.3, 0.4) is 0 Å². The Morgan fingerprint density at radius 1 is 1.23 bits per heavy atom. The molecule has 0 aliphatic rings. The van der Waals surface area contributed by atoms with Crippen molar-refractivity contribution in [1.29, 1.82) is 0 Å². The second-order valence-electron chi connectivity index (χ2n) is 3.90. The fourth-order valence-corrected chi connectivity index (χ4v) is 1.49. The number of carbonyl (C=O) groups is 1. The molecule has 0 saturated carbocycles. The quantitative estimate of drug-likeness (QED) is 0.476. The third kappa shape index (κ3) is 3.27. The number of aromatic nitrogens is 2. The van der Waals surface area contributed by atoms with Crippen LogP contribution >= 0.6 is 0 Å². The third-order valence-corrected chi connectivity index (χ3v) is 2.50.